The predicted molar refractivity (Wildman–Crippen MR) is 250 cm³/mol. The number of nitrogens with one attached hydrogen (secondary N) is 1. The maximum Gasteiger partial charge on any atom is 0.222 e. The summed E-state index contributed by atoms with van der Waals surface area (Å²) < 4.78 is 0. The maximum atomic E-state index is 12.5. The average Bonchev–Trinajstić information content (AvgIpc) is 3.20. The average molecular weight is 802 g/mol. The summed E-state index contributed by atoms with van der Waals surface area (Å²) in [5.41, 5.74) is 0. The number of aliphatic hydroxyl groups excluding tert-OH is 3. The van der Waals surface area contributed by atoms with E-state index >= 15 is 0 Å². The molecule has 3 unspecified atom stereocenters. The third kappa shape index (κ3) is 44.0. The van der Waals surface area contributed by atoms with Gasteiger partial charge in [0.15, 0.2) is 0 Å². The van der Waals surface area contributed by atoms with Crippen molar-refractivity contribution in [2.75, 3.05) is 6.61 Å². The molecule has 0 aromatic rings. The maximum absolute atomic E-state index is 12.5. The highest BCUT2D eigenvalue weighted by molar-refractivity contribution is 5.76. The zero-order chi connectivity index (χ0) is 41.5. The van der Waals surface area contributed by atoms with Crippen molar-refractivity contribution in [1.82, 2.24) is 5.32 Å². The lowest BCUT2D eigenvalue weighted by Gasteiger charge is -2.21. The SMILES string of the molecule is CCCCCCCCCCCCCC/C=C/CC/C=C/CC/C=C/C(O)C(CO)NC(=O)CC(O)CCCCCCCCCCCCCCCCCCCCCC. The first kappa shape index (κ1) is 55.6. The van der Waals surface area contributed by atoms with E-state index in [2.05, 4.69) is 43.5 Å². The van der Waals surface area contributed by atoms with Gasteiger partial charge in [0.05, 0.1) is 31.3 Å². The molecule has 5 nitrogen and oxygen atoms in total. The number of amides is 1. The molecule has 0 heterocycles. The van der Waals surface area contributed by atoms with Gasteiger partial charge in [-0.3, -0.25) is 4.79 Å². The zero-order valence-electron chi connectivity index (χ0n) is 38.2. The monoisotopic (exact) mass is 802 g/mol. The Kier molecular flexibility index (Phi) is 46.1. The van der Waals surface area contributed by atoms with Crippen LogP contribution in [-0.4, -0.2) is 46.1 Å². The molecule has 0 bridgehead atoms. The van der Waals surface area contributed by atoms with Crippen molar-refractivity contribution in [2.24, 2.45) is 0 Å². The van der Waals surface area contributed by atoms with Crippen LogP contribution in [0.3, 0.4) is 0 Å². The van der Waals surface area contributed by atoms with Crippen LogP contribution < -0.4 is 5.32 Å². The number of hydrogen-bond acceptors (Lipinski definition) is 4. The van der Waals surface area contributed by atoms with Gasteiger partial charge in [-0.15, -0.1) is 0 Å². The van der Waals surface area contributed by atoms with E-state index in [-0.39, 0.29) is 18.9 Å². The van der Waals surface area contributed by atoms with Gasteiger partial charge < -0.3 is 20.6 Å². The summed E-state index contributed by atoms with van der Waals surface area (Å²) >= 11 is 0. The van der Waals surface area contributed by atoms with Crippen molar-refractivity contribution in [1.29, 1.82) is 0 Å². The third-order valence-corrected chi connectivity index (χ3v) is 11.7. The minimum Gasteiger partial charge on any atom is -0.394 e. The van der Waals surface area contributed by atoms with Crippen LogP contribution in [0.4, 0.5) is 0 Å². The highest BCUT2D eigenvalue weighted by atomic mass is 16.3. The number of hydrogen-bond donors (Lipinski definition) is 4. The largest absolute Gasteiger partial charge is 0.394 e. The molecule has 0 aromatic carbocycles. The molecular weight excluding hydrogens is 703 g/mol. The normalized spacial score (nSPS) is 13.7. The van der Waals surface area contributed by atoms with Gasteiger partial charge in [0, 0.05) is 0 Å². The van der Waals surface area contributed by atoms with E-state index < -0.39 is 18.2 Å². The van der Waals surface area contributed by atoms with Crippen LogP contribution in [-0.2, 0) is 4.79 Å². The molecule has 0 aliphatic carbocycles. The number of unbranched alkanes of at least 4 members (excludes halogenated alkanes) is 33. The minimum absolute atomic E-state index is 0.00540. The molecule has 57 heavy (non-hydrogen) atoms. The Balaban J connectivity index is 3.67. The molecule has 0 spiro atoms. The van der Waals surface area contributed by atoms with Gasteiger partial charge in [-0.1, -0.05) is 249 Å². The van der Waals surface area contributed by atoms with Crippen molar-refractivity contribution in [3.63, 3.8) is 0 Å². The molecule has 5 heteroatoms. The van der Waals surface area contributed by atoms with Crippen LogP contribution in [0, 0.1) is 0 Å². The molecule has 4 N–H and O–H groups in total. The second kappa shape index (κ2) is 47.3. The molecule has 1 amide bonds. The molecular formula is C52H99NO4. The van der Waals surface area contributed by atoms with E-state index in [1.807, 2.05) is 6.08 Å². The van der Waals surface area contributed by atoms with Gasteiger partial charge in [0.1, 0.15) is 0 Å². The van der Waals surface area contributed by atoms with Crippen LogP contribution in [0.2, 0.25) is 0 Å². The van der Waals surface area contributed by atoms with E-state index in [0.717, 1.165) is 38.5 Å². The summed E-state index contributed by atoms with van der Waals surface area (Å²) in [5.74, 6) is -0.326. The van der Waals surface area contributed by atoms with Crippen LogP contribution in [0.1, 0.15) is 264 Å². The molecule has 0 saturated carbocycles. The van der Waals surface area contributed by atoms with Gasteiger partial charge in [-0.2, -0.15) is 0 Å². The lowest BCUT2D eigenvalue weighted by atomic mass is 10.0. The number of carbonyl (C=O) groups excluding carboxylic acids is 1. The van der Waals surface area contributed by atoms with Crippen LogP contribution >= 0.6 is 0 Å². The summed E-state index contributed by atoms with van der Waals surface area (Å²) in [7, 11) is 0. The van der Waals surface area contributed by atoms with Gasteiger partial charge in [0.2, 0.25) is 5.91 Å². The summed E-state index contributed by atoms with van der Waals surface area (Å²) in [6, 6.07) is -0.766. The Morgan fingerprint density at radius 2 is 0.754 bits per heavy atom. The Morgan fingerprint density at radius 3 is 1.12 bits per heavy atom. The van der Waals surface area contributed by atoms with Crippen LogP contribution in [0.5, 0.6) is 0 Å². The molecule has 336 valence electrons. The van der Waals surface area contributed by atoms with E-state index in [1.165, 1.54) is 199 Å². The summed E-state index contributed by atoms with van der Waals surface area (Å²) in [6.45, 7) is 4.22. The van der Waals surface area contributed by atoms with Crippen LogP contribution in [0.25, 0.3) is 0 Å². The molecule has 0 aromatic heterocycles. The summed E-state index contributed by atoms with van der Waals surface area (Å²) in [5, 5.41) is 33.3. The second-order valence-corrected chi connectivity index (χ2v) is 17.4. The number of rotatable bonds is 46. The Bertz CT molecular complexity index is 885. The fraction of sp³-hybridized carbons (Fsp3) is 0.865. The van der Waals surface area contributed by atoms with E-state index in [1.54, 1.807) is 6.08 Å². The molecule has 0 aliphatic rings. The standard InChI is InChI=1S/C52H99NO4/c1-3-5-7-9-11-13-15-17-19-21-23-25-26-28-30-32-34-36-38-40-42-44-46-51(56)50(48-54)53-52(57)47-49(55)45-43-41-39-37-35-33-31-29-27-24-22-20-18-16-14-12-10-8-6-4-2/h28,30,36,38,44,46,49-51,54-56H,3-27,29,31-35,37,39-43,45,47-48H2,1-2H3,(H,53,57)/b30-28+,38-36+,46-44+. The Hall–Kier alpha value is -1.43. The fourth-order valence-corrected chi connectivity index (χ4v) is 7.79. The van der Waals surface area contributed by atoms with Gasteiger partial charge >= 0.3 is 0 Å². The van der Waals surface area contributed by atoms with E-state index in [9.17, 15) is 20.1 Å². The van der Waals surface area contributed by atoms with E-state index in [4.69, 9.17) is 0 Å². The molecule has 0 fully saturated rings. The van der Waals surface area contributed by atoms with Gasteiger partial charge in [-0.05, 0) is 44.9 Å². The van der Waals surface area contributed by atoms with Crippen molar-refractivity contribution in [3.05, 3.63) is 36.5 Å². The summed E-state index contributed by atoms with van der Waals surface area (Å²) in [4.78, 5) is 12.5. The van der Waals surface area contributed by atoms with Crippen molar-refractivity contribution >= 4 is 5.91 Å². The Morgan fingerprint density at radius 1 is 0.439 bits per heavy atom. The lowest BCUT2D eigenvalue weighted by Crippen LogP contribution is -2.45. The van der Waals surface area contributed by atoms with Gasteiger partial charge in [-0.25, -0.2) is 0 Å². The molecule has 0 rings (SSSR count). The van der Waals surface area contributed by atoms with Crippen molar-refractivity contribution < 1.29 is 20.1 Å². The first-order valence-electron chi connectivity index (χ1n) is 25.3. The highest BCUT2D eigenvalue weighted by Gasteiger charge is 2.20. The number of carbonyl (C=O) groups is 1. The third-order valence-electron chi connectivity index (χ3n) is 11.7. The molecule has 0 radical (unpaired) electrons. The molecule has 0 aliphatic heterocycles. The zero-order valence-corrected chi connectivity index (χ0v) is 38.2. The number of aliphatic hydroxyl groups is 3. The van der Waals surface area contributed by atoms with Crippen LogP contribution in [0.15, 0.2) is 36.5 Å². The lowest BCUT2D eigenvalue weighted by molar-refractivity contribution is -0.124. The molecule has 0 saturated heterocycles. The predicted octanol–water partition coefficient (Wildman–Crippen LogP) is 15.1. The first-order valence-corrected chi connectivity index (χ1v) is 25.3. The smallest absolute Gasteiger partial charge is 0.222 e. The highest BCUT2D eigenvalue weighted by Crippen LogP contribution is 2.16. The van der Waals surface area contributed by atoms with E-state index in [0.29, 0.717) is 6.42 Å². The second-order valence-electron chi connectivity index (χ2n) is 17.4. The van der Waals surface area contributed by atoms with Crippen molar-refractivity contribution in [2.45, 2.75) is 283 Å². The topological polar surface area (TPSA) is 89.8 Å². The molecule has 3 atom stereocenters. The quantitative estimate of drug-likeness (QED) is 0.0365. The minimum atomic E-state index is -0.958. The number of allylic oxidation sites excluding steroid dienone is 5. The van der Waals surface area contributed by atoms with Crippen molar-refractivity contribution in [3.8, 4) is 0 Å². The summed E-state index contributed by atoms with van der Waals surface area (Å²) in [6.07, 6.45) is 60.2. The first-order chi connectivity index (χ1) is 28.0. The fourth-order valence-electron chi connectivity index (χ4n) is 7.79. The van der Waals surface area contributed by atoms with Gasteiger partial charge in [0.25, 0.3) is 0 Å². The Labute approximate surface area is 355 Å².